The molecule has 0 radical (unpaired) electrons. The predicted octanol–water partition coefficient (Wildman–Crippen LogP) is 3.18. The van der Waals surface area contributed by atoms with Crippen LogP contribution in [-0.2, 0) is 6.54 Å². The fourth-order valence-corrected chi connectivity index (χ4v) is 2.56. The van der Waals surface area contributed by atoms with Crippen molar-refractivity contribution in [3.63, 3.8) is 0 Å². The standard InChI is InChI=1S/C15H20N4S/c1-4-14(13-7-5-6-8-16-13)19(2)11-12-9-17-15(20-3)18-10-12/h5-10,14H,4,11H2,1-3H3/t14-/m1/s1. The monoisotopic (exact) mass is 288 g/mol. The number of hydrogen-bond acceptors (Lipinski definition) is 5. The Morgan fingerprint density at radius 1 is 1.20 bits per heavy atom. The van der Waals surface area contributed by atoms with Crippen molar-refractivity contribution in [1.29, 1.82) is 0 Å². The van der Waals surface area contributed by atoms with E-state index >= 15 is 0 Å². The lowest BCUT2D eigenvalue weighted by Crippen LogP contribution is -2.24. The molecule has 20 heavy (non-hydrogen) atoms. The fraction of sp³-hybridized carbons (Fsp3) is 0.400. The van der Waals surface area contributed by atoms with Crippen LogP contribution < -0.4 is 0 Å². The molecular formula is C15H20N4S. The Morgan fingerprint density at radius 3 is 2.50 bits per heavy atom. The molecule has 0 unspecified atom stereocenters. The maximum Gasteiger partial charge on any atom is 0.187 e. The van der Waals surface area contributed by atoms with Gasteiger partial charge in [0.05, 0.1) is 11.7 Å². The van der Waals surface area contributed by atoms with E-state index in [0.29, 0.717) is 6.04 Å². The minimum atomic E-state index is 0.316. The van der Waals surface area contributed by atoms with Gasteiger partial charge in [-0.15, -0.1) is 0 Å². The molecule has 0 aliphatic rings. The second kappa shape index (κ2) is 7.36. The van der Waals surface area contributed by atoms with Crippen molar-refractivity contribution < 1.29 is 0 Å². The third-order valence-corrected chi connectivity index (χ3v) is 3.82. The summed E-state index contributed by atoms with van der Waals surface area (Å²) in [6.45, 7) is 3.01. The number of rotatable bonds is 6. The second-order valence-electron chi connectivity index (χ2n) is 4.67. The molecule has 1 atom stereocenters. The minimum Gasteiger partial charge on any atom is -0.293 e. The van der Waals surface area contributed by atoms with Gasteiger partial charge in [-0.05, 0) is 31.9 Å². The van der Waals surface area contributed by atoms with E-state index in [1.807, 2.05) is 37.0 Å². The Kier molecular flexibility index (Phi) is 5.49. The fourth-order valence-electron chi connectivity index (χ4n) is 2.25. The zero-order valence-electron chi connectivity index (χ0n) is 12.2. The Hall–Kier alpha value is -1.46. The van der Waals surface area contributed by atoms with E-state index in [9.17, 15) is 0 Å². The number of hydrogen-bond donors (Lipinski definition) is 0. The van der Waals surface area contributed by atoms with Gasteiger partial charge >= 0.3 is 0 Å². The Bertz CT molecular complexity index is 515. The molecule has 0 N–H and O–H groups in total. The van der Waals surface area contributed by atoms with Crippen molar-refractivity contribution in [2.24, 2.45) is 0 Å². The van der Waals surface area contributed by atoms with Crippen LogP contribution in [0, 0.1) is 0 Å². The summed E-state index contributed by atoms with van der Waals surface area (Å²) in [6, 6.07) is 6.38. The van der Waals surface area contributed by atoms with Crippen LogP contribution in [0.5, 0.6) is 0 Å². The molecule has 0 amide bonds. The van der Waals surface area contributed by atoms with E-state index in [0.717, 1.165) is 29.4 Å². The van der Waals surface area contributed by atoms with Gasteiger partial charge in [-0.3, -0.25) is 9.88 Å². The molecule has 0 spiro atoms. The maximum absolute atomic E-state index is 4.46. The highest BCUT2D eigenvalue weighted by molar-refractivity contribution is 7.98. The van der Waals surface area contributed by atoms with Gasteiger partial charge in [0.25, 0.3) is 0 Å². The molecule has 0 saturated heterocycles. The average Bonchev–Trinajstić information content (AvgIpc) is 2.50. The van der Waals surface area contributed by atoms with Crippen LogP contribution in [0.25, 0.3) is 0 Å². The molecule has 4 nitrogen and oxygen atoms in total. The molecule has 2 aromatic rings. The first-order chi connectivity index (χ1) is 9.74. The van der Waals surface area contributed by atoms with Gasteiger partial charge in [-0.25, -0.2) is 9.97 Å². The van der Waals surface area contributed by atoms with Gasteiger partial charge in [0.1, 0.15) is 0 Å². The van der Waals surface area contributed by atoms with Gasteiger partial charge in [-0.1, -0.05) is 24.8 Å². The summed E-state index contributed by atoms with van der Waals surface area (Å²) in [7, 11) is 2.12. The third kappa shape index (κ3) is 3.77. The Balaban J connectivity index is 2.07. The summed E-state index contributed by atoms with van der Waals surface area (Å²) in [6.07, 6.45) is 8.66. The first-order valence-corrected chi connectivity index (χ1v) is 7.93. The van der Waals surface area contributed by atoms with Crippen LogP contribution in [0.1, 0.15) is 30.6 Å². The van der Waals surface area contributed by atoms with E-state index < -0.39 is 0 Å². The molecule has 5 heteroatoms. The summed E-state index contributed by atoms with van der Waals surface area (Å²) in [5.41, 5.74) is 2.24. The molecule has 0 aliphatic heterocycles. The van der Waals surface area contributed by atoms with Gasteiger partial charge in [0.15, 0.2) is 5.16 Å². The summed E-state index contributed by atoms with van der Waals surface area (Å²) in [4.78, 5) is 15.4. The van der Waals surface area contributed by atoms with Crippen LogP contribution in [-0.4, -0.2) is 33.2 Å². The average molecular weight is 288 g/mol. The van der Waals surface area contributed by atoms with Crippen LogP contribution in [0.15, 0.2) is 41.9 Å². The van der Waals surface area contributed by atoms with Crippen molar-refractivity contribution in [2.45, 2.75) is 31.1 Å². The van der Waals surface area contributed by atoms with Crippen LogP contribution >= 0.6 is 11.8 Å². The van der Waals surface area contributed by atoms with Gasteiger partial charge in [0.2, 0.25) is 0 Å². The van der Waals surface area contributed by atoms with Crippen molar-refractivity contribution >= 4 is 11.8 Å². The largest absolute Gasteiger partial charge is 0.293 e. The summed E-state index contributed by atoms with van der Waals surface area (Å²) >= 11 is 1.56. The van der Waals surface area contributed by atoms with E-state index in [1.54, 1.807) is 11.8 Å². The van der Waals surface area contributed by atoms with Crippen molar-refractivity contribution in [1.82, 2.24) is 19.9 Å². The smallest absolute Gasteiger partial charge is 0.187 e. The molecule has 0 aliphatic carbocycles. The molecule has 2 heterocycles. The van der Waals surface area contributed by atoms with E-state index in [1.165, 1.54) is 0 Å². The highest BCUT2D eigenvalue weighted by atomic mass is 32.2. The molecule has 0 fully saturated rings. The highest BCUT2D eigenvalue weighted by Crippen LogP contribution is 2.22. The molecule has 2 aromatic heterocycles. The van der Waals surface area contributed by atoms with Crippen molar-refractivity contribution in [2.75, 3.05) is 13.3 Å². The molecule has 2 rings (SSSR count). The molecular weight excluding hydrogens is 268 g/mol. The van der Waals surface area contributed by atoms with Crippen LogP contribution in [0.3, 0.4) is 0 Å². The van der Waals surface area contributed by atoms with E-state index in [2.05, 4.69) is 39.9 Å². The number of nitrogens with zero attached hydrogens (tertiary/aromatic N) is 4. The zero-order chi connectivity index (χ0) is 14.4. The molecule has 0 aromatic carbocycles. The van der Waals surface area contributed by atoms with Crippen LogP contribution in [0.4, 0.5) is 0 Å². The second-order valence-corrected chi connectivity index (χ2v) is 5.45. The van der Waals surface area contributed by atoms with E-state index in [-0.39, 0.29) is 0 Å². The van der Waals surface area contributed by atoms with Crippen LogP contribution in [0.2, 0.25) is 0 Å². The quantitative estimate of drug-likeness (QED) is 0.603. The molecule has 106 valence electrons. The lowest BCUT2D eigenvalue weighted by molar-refractivity contribution is 0.225. The lowest BCUT2D eigenvalue weighted by Gasteiger charge is -2.26. The molecule has 0 bridgehead atoms. The first-order valence-electron chi connectivity index (χ1n) is 6.70. The number of thioether (sulfide) groups is 1. The maximum atomic E-state index is 4.46. The number of aromatic nitrogens is 3. The first kappa shape index (κ1) is 14.9. The third-order valence-electron chi connectivity index (χ3n) is 3.24. The summed E-state index contributed by atoms with van der Waals surface area (Å²) < 4.78 is 0. The predicted molar refractivity (Wildman–Crippen MR) is 82.5 cm³/mol. The van der Waals surface area contributed by atoms with Gasteiger partial charge in [-0.2, -0.15) is 0 Å². The Labute approximate surface area is 124 Å². The van der Waals surface area contributed by atoms with E-state index in [4.69, 9.17) is 0 Å². The van der Waals surface area contributed by atoms with Crippen molar-refractivity contribution in [3.8, 4) is 0 Å². The van der Waals surface area contributed by atoms with Gasteiger partial charge in [0, 0.05) is 30.7 Å². The SMILES string of the molecule is CC[C@H](c1ccccn1)N(C)Cc1cnc(SC)nc1. The Morgan fingerprint density at radius 2 is 1.95 bits per heavy atom. The van der Waals surface area contributed by atoms with Gasteiger partial charge < -0.3 is 0 Å². The summed E-state index contributed by atoms with van der Waals surface area (Å²) in [5.74, 6) is 0. The minimum absolute atomic E-state index is 0.316. The highest BCUT2D eigenvalue weighted by Gasteiger charge is 2.16. The zero-order valence-corrected chi connectivity index (χ0v) is 13.0. The normalized spacial score (nSPS) is 12.6. The summed E-state index contributed by atoms with van der Waals surface area (Å²) in [5, 5.41) is 0.813. The molecule has 0 saturated carbocycles. The topological polar surface area (TPSA) is 41.9 Å². The van der Waals surface area contributed by atoms with Crippen molar-refractivity contribution in [3.05, 3.63) is 48.0 Å². The number of pyridine rings is 1. The lowest BCUT2D eigenvalue weighted by atomic mass is 10.1.